The Bertz CT molecular complexity index is 518. The number of amides is 2. The van der Waals surface area contributed by atoms with Crippen LogP contribution in [0.4, 0.5) is 0 Å². The highest BCUT2D eigenvalue weighted by molar-refractivity contribution is 7.81. The van der Waals surface area contributed by atoms with Crippen LogP contribution in [0.15, 0.2) is 0 Å². The number of carboxylic acids is 2. The topological polar surface area (TPSA) is 150 Å². The van der Waals surface area contributed by atoms with Crippen molar-refractivity contribution in [2.75, 3.05) is 6.54 Å². The summed E-state index contributed by atoms with van der Waals surface area (Å²) >= 11 is 4.16. The molecule has 1 aliphatic heterocycles. The summed E-state index contributed by atoms with van der Waals surface area (Å²) in [5.74, 6) is -3.79. The smallest absolute Gasteiger partial charge is 0.328 e. The number of carbonyl (C=O) groups is 4. The molecule has 0 saturated carbocycles. The van der Waals surface area contributed by atoms with Crippen molar-refractivity contribution in [2.24, 2.45) is 5.73 Å². The Morgan fingerprint density at radius 2 is 2.00 bits per heavy atom. The molecule has 0 radical (unpaired) electrons. The molecule has 0 unspecified atom stereocenters. The summed E-state index contributed by atoms with van der Waals surface area (Å²) in [7, 11) is 0. The lowest BCUT2D eigenvalue weighted by Gasteiger charge is -2.29. The van der Waals surface area contributed by atoms with Crippen LogP contribution in [0, 0.1) is 0 Å². The number of rotatable bonds is 7. The predicted molar refractivity (Wildman–Crippen MR) is 83.0 cm³/mol. The fraction of sp³-hybridized carbons (Fsp3) is 0.692. The molecule has 130 valence electrons. The van der Waals surface area contributed by atoms with Crippen molar-refractivity contribution in [1.82, 2.24) is 10.2 Å². The quantitative estimate of drug-likeness (QED) is 0.358. The van der Waals surface area contributed by atoms with Gasteiger partial charge in [-0.3, -0.25) is 9.59 Å². The maximum atomic E-state index is 12.0. The Balaban J connectivity index is 2.83. The van der Waals surface area contributed by atoms with E-state index >= 15 is 0 Å². The number of nitrogens with one attached hydrogen (secondary N) is 1. The van der Waals surface area contributed by atoms with Crippen LogP contribution in [0.5, 0.6) is 0 Å². The normalized spacial score (nSPS) is 21.0. The summed E-state index contributed by atoms with van der Waals surface area (Å²) in [5, 5.41) is 20.5. The van der Waals surface area contributed by atoms with E-state index in [2.05, 4.69) is 17.9 Å². The van der Waals surface area contributed by atoms with Gasteiger partial charge in [0.15, 0.2) is 0 Å². The Kier molecular flexibility index (Phi) is 6.00. The summed E-state index contributed by atoms with van der Waals surface area (Å²) in [6.07, 6.45) is 0.137. The molecule has 23 heavy (non-hydrogen) atoms. The van der Waals surface area contributed by atoms with Gasteiger partial charge in [0.2, 0.25) is 11.8 Å². The number of hydrogen-bond acceptors (Lipinski definition) is 6. The highest BCUT2D eigenvalue weighted by atomic mass is 32.1. The van der Waals surface area contributed by atoms with Crippen molar-refractivity contribution in [3.8, 4) is 0 Å². The Hall–Kier alpha value is -1.81. The van der Waals surface area contributed by atoms with Crippen LogP contribution in [-0.4, -0.2) is 68.3 Å². The minimum atomic E-state index is -1.45. The summed E-state index contributed by atoms with van der Waals surface area (Å²) < 4.78 is -0.875. The lowest BCUT2D eigenvalue weighted by molar-refractivity contribution is -0.149. The lowest BCUT2D eigenvalue weighted by atomic mass is 10.0. The number of likely N-dealkylation sites (tertiary alicyclic amines) is 1. The summed E-state index contributed by atoms with van der Waals surface area (Å²) in [5.41, 5.74) is 5.70. The van der Waals surface area contributed by atoms with Gasteiger partial charge < -0.3 is 26.2 Å². The molecule has 5 N–H and O–H groups in total. The Morgan fingerprint density at radius 3 is 2.43 bits per heavy atom. The van der Waals surface area contributed by atoms with Crippen molar-refractivity contribution in [2.45, 2.75) is 49.6 Å². The number of carboxylic acid groups (broad SMARTS) is 2. The van der Waals surface area contributed by atoms with E-state index in [4.69, 9.17) is 10.8 Å². The third kappa shape index (κ3) is 4.83. The number of aliphatic carboxylic acids is 2. The van der Waals surface area contributed by atoms with Gasteiger partial charge in [-0.1, -0.05) is 0 Å². The predicted octanol–water partition coefficient (Wildman–Crippen LogP) is -1.33. The zero-order valence-corrected chi connectivity index (χ0v) is 13.7. The molecular formula is C13H21N3O6S. The van der Waals surface area contributed by atoms with Gasteiger partial charge >= 0.3 is 11.9 Å². The third-order valence-electron chi connectivity index (χ3n) is 3.65. The zero-order valence-electron chi connectivity index (χ0n) is 12.9. The molecule has 3 atom stereocenters. The SMILES string of the molecule is CC(C)(S)[C@H](N)C(=O)N[C@@H](CN1C(=O)CC[C@H]1C(=O)O)C(=O)O. The molecule has 2 amide bonds. The maximum absolute atomic E-state index is 12.0. The average Bonchev–Trinajstić information content (AvgIpc) is 2.77. The van der Waals surface area contributed by atoms with Crippen molar-refractivity contribution >= 4 is 36.4 Å². The second kappa shape index (κ2) is 7.18. The summed E-state index contributed by atoms with van der Waals surface area (Å²) in [6, 6.07) is -3.61. The monoisotopic (exact) mass is 347 g/mol. The van der Waals surface area contributed by atoms with E-state index in [-0.39, 0.29) is 12.8 Å². The van der Waals surface area contributed by atoms with Gasteiger partial charge in [-0.05, 0) is 20.3 Å². The number of hydrogen-bond donors (Lipinski definition) is 5. The van der Waals surface area contributed by atoms with Crippen LogP contribution in [-0.2, 0) is 19.2 Å². The Morgan fingerprint density at radius 1 is 1.43 bits per heavy atom. The number of nitrogens with two attached hydrogens (primary N) is 1. The highest BCUT2D eigenvalue weighted by Gasteiger charge is 2.39. The van der Waals surface area contributed by atoms with Crippen LogP contribution in [0.2, 0.25) is 0 Å². The van der Waals surface area contributed by atoms with Crippen molar-refractivity contribution in [3.63, 3.8) is 0 Å². The van der Waals surface area contributed by atoms with Crippen molar-refractivity contribution in [3.05, 3.63) is 0 Å². The van der Waals surface area contributed by atoms with Crippen molar-refractivity contribution < 1.29 is 29.4 Å². The molecule has 1 aliphatic rings. The van der Waals surface area contributed by atoms with E-state index in [1.165, 1.54) is 0 Å². The molecule has 0 aromatic heterocycles. The van der Waals surface area contributed by atoms with E-state index in [1.54, 1.807) is 13.8 Å². The van der Waals surface area contributed by atoms with Gasteiger partial charge in [-0.15, -0.1) is 0 Å². The number of nitrogens with zero attached hydrogens (tertiary/aromatic N) is 1. The molecule has 0 bridgehead atoms. The van der Waals surface area contributed by atoms with Crippen LogP contribution >= 0.6 is 12.6 Å². The molecule has 1 heterocycles. The number of thiol groups is 1. The highest BCUT2D eigenvalue weighted by Crippen LogP contribution is 2.20. The standard InChI is InChI=1S/C13H21N3O6S/c1-13(2,23)9(14)10(18)15-6(11(19)20)5-16-7(12(21)22)3-4-8(16)17/h6-7,9,23H,3-5,14H2,1-2H3,(H,15,18)(H,19,20)(H,21,22)/t6-,7-,9+/m0/s1. The second-order valence-corrected chi connectivity index (χ2v) is 7.12. The molecule has 0 aliphatic carbocycles. The van der Waals surface area contributed by atoms with E-state index < -0.39 is 53.2 Å². The van der Waals surface area contributed by atoms with Gasteiger partial charge in [0, 0.05) is 11.2 Å². The van der Waals surface area contributed by atoms with E-state index in [0.717, 1.165) is 4.90 Å². The van der Waals surface area contributed by atoms with Crippen LogP contribution in [0.3, 0.4) is 0 Å². The first-order valence-electron chi connectivity index (χ1n) is 6.98. The molecule has 1 fully saturated rings. The summed E-state index contributed by atoms with van der Waals surface area (Å²) in [6.45, 7) is 2.76. The second-order valence-electron chi connectivity index (χ2n) is 5.97. The van der Waals surface area contributed by atoms with Gasteiger partial charge in [0.25, 0.3) is 0 Å². The molecule has 1 saturated heterocycles. The van der Waals surface area contributed by atoms with Gasteiger partial charge in [0.1, 0.15) is 12.1 Å². The van der Waals surface area contributed by atoms with Crippen LogP contribution < -0.4 is 11.1 Å². The van der Waals surface area contributed by atoms with Gasteiger partial charge in [-0.2, -0.15) is 12.6 Å². The maximum Gasteiger partial charge on any atom is 0.328 e. The molecule has 0 aromatic rings. The lowest BCUT2D eigenvalue weighted by Crippen LogP contribution is -2.58. The van der Waals surface area contributed by atoms with E-state index in [1.807, 2.05) is 0 Å². The minimum absolute atomic E-state index is 0.0282. The molecule has 9 nitrogen and oxygen atoms in total. The molecular weight excluding hydrogens is 326 g/mol. The fourth-order valence-corrected chi connectivity index (χ4v) is 2.30. The van der Waals surface area contributed by atoms with Crippen LogP contribution in [0.25, 0.3) is 0 Å². The zero-order chi connectivity index (χ0) is 17.9. The van der Waals surface area contributed by atoms with Crippen LogP contribution in [0.1, 0.15) is 26.7 Å². The van der Waals surface area contributed by atoms with E-state index in [0.29, 0.717) is 0 Å². The first-order chi connectivity index (χ1) is 10.4. The molecule has 0 aromatic carbocycles. The first-order valence-corrected chi connectivity index (χ1v) is 7.43. The third-order valence-corrected chi connectivity index (χ3v) is 3.93. The first kappa shape index (κ1) is 19.2. The number of carbonyl (C=O) groups excluding carboxylic acids is 2. The fourth-order valence-electron chi connectivity index (χ4n) is 2.18. The minimum Gasteiger partial charge on any atom is -0.480 e. The van der Waals surface area contributed by atoms with Crippen molar-refractivity contribution in [1.29, 1.82) is 0 Å². The molecule has 10 heteroatoms. The van der Waals surface area contributed by atoms with Gasteiger partial charge in [0.05, 0.1) is 12.6 Å². The average molecular weight is 347 g/mol. The largest absolute Gasteiger partial charge is 0.480 e. The van der Waals surface area contributed by atoms with Gasteiger partial charge in [-0.25, -0.2) is 9.59 Å². The molecule has 0 spiro atoms. The van der Waals surface area contributed by atoms with E-state index in [9.17, 15) is 24.3 Å². The molecule has 1 rings (SSSR count). The Labute approximate surface area is 138 Å². The summed E-state index contributed by atoms with van der Waals surface area (Å²) in [4.78, 5) is 47.1.